The molecule has 3 aliphatic heterocycles. The summed E-state index contributed by atoms with van der Waals surface area (Å²) in [7, 11) is 0. The molecule has 0 spiro atoms. The predicted octanol–water partition coefficient (Wildman–Crippen LogP) is 1.65. The monoisotopic (exact) mass is 393 g/mol. The fourth-order valence-corrected chi connectivity index (χ4v) is 3.73. The van der Waals surface area contributed by atoms with Crippen LogP contribution < -0.4 is 14.8 Å². The number of ether oxygens (including phenoxy) is 3. The van der Waals surface area contributed by atoms with E-state index in [2.05, 4.69) is 5.32 Å². The second-order valence-electron chi connectivity index (χ2n) is 7.18. The Labute approximate surface area is 162 Å². The zero-order valence-electron chi connectivity index (χ0n) is 15.6. The summed E-state index contributed by atoms with van der Waals surface area (Å²) in [6.45, 7) is 2.68. The highest BCUT2D eigenvalue weighted by atomic mass is 19.1. The number of hydrogen-bond donors (Lipinski definition) is 1. The van der Waals surface area contributed by atoms with Gasteiger partial charge in [0.15, 0.2) is 11.5 Å². The number of rotatable bonds is 2. The maximum absolute atomic E-state index is 15.4. The van der Waals surface area contributed by atoms with Crippen LogP contribution in [-0.2, 0) is 9.53 Å². The third kappa shape index (κ3) is 3.84. The second-order valence-corrected chi connectivity index (χ2v) is 7.18. The van der Waals surface area contributed by atoms with Crippen LogP contribution in [0.3, 0.4) is 0 Å². The minimum atomic E-state index is -2.06. The Morgan fingerprint density at radius 1 is 1.00 bits per heavy atom. The maximum Gasteiger partial charge on any atom is 0.321 e. The molecule has 1 aromatic carbocycles. The van der Waals surface area contributed by atoms with Crippen LogP contribution in [0, 0.1) is 0 Å². The topological polar surface area (TPSA) is 80.3 Å². The lowest BCUT2D eigenvalue weighted by atomic mass is 9.93. The van der Waals surface area contributed by atoms with Crippen molar-refractivity contribution in [2.45, 2.75) is 18.5 Å². The van der Waals surface area contributed by atoms with Crippen molar-refractivity contribution in [3.05, 3.63) is 18.2 Å². The Morgan fingerprint density at radius 2 is 1.75 bits per heavy atom. The maximum atomic E-state index is 15.4. The molecule has 1 N–H and O–H groups in total. The van der Waals surface area contributed by atoms with E-state index in [0.29, 0.717) is 69.7 Å². The van der Waals surface area contributed by atoms with E-state index in [-0.39, 0.29) is 13.0 Å². The molecule has 2 saturated heterocycles. The molecule has 0 bridgehead atoms. The summed E-state index contributed by atoms with van der Waals surface area (Å²) >= 11 is 0. The van der Waals surface area contributed by atoms with E-state index in [0.717, 1.165) is 0 Å². The molecule has 0 radical (unpaired) electrons. The number of morpholine rings is 1. The number of likely N-dealkylation sites (tertiary alicyclic amines) is 1. The average molecular weight is 393 g/mol. The van der Waals surface area contributed by atoms with Gasteiger partial charge in [0.1, 0.15) is 13.2 Å². The number of nitrogens with zero attached hydrogens (tertiary/aromatic N) is 2. The van der Waals surface area contributed by atoms with Crippen molar-refractivity contribution in [3.63, 3.8) is 0 Å². The highest BCUT2D eigenvalue weighted by molar-refractivity contribution is 5.91. The summed E-state index contributed by atoms with van der Waals surface area (Å²) in [5, 5.41) is 2.76. The van der Waals surface area contributed by atoms with E-state index in [9.17, 15) is 9.59 Å². The molecular weight excluding hydrogens is 369 g/mol. The first-order valence-corrected chi connectivity index (χ1v) is 9.57. The number of fused-ring (bicyclic) bond motifs is 1. The summed E-state index contributed by atoms with van der Waals surface area (Å²) in [6, 6.07) is 4.67. The smallest absolute Gasteiger partial charge is 0.321 e. The molecule has 1 unspecified atom stereocenters. The number of amides is 3. The summed E-state index contributed by atoms with van der Waals surface area (Å²) in [5.41, 5.74) is -1.52. The van der Waals surface area contributed by atoms with Crippen molar-refractivity contribution < 1.29 is 28.2 Å². The SMILES string of the molecule is O=C(Nc1ccc2c(c1)OCCO2)N1CCCC(F)(C(=O)N2CCOCC2)C1. The van der Waals surface area contributed by atoms with Crippen LogP contribution >= 0.6 is 0 Å². The van der Waals surface area contributed by atoms with E-state index in [1.54, 1.807) is 18.2 Å². The van der Waals surface area contributed by atoms with Crippen LogP contribution in [0.25, 0.3) is 0 Å². The van der Waals surface area contributed by atoms with E-state index in [1.807, 2.05) is 0 Å². The molecule has 9 heteroatoms. The summed E-state index contributed by atoms with van der Waals surface area (Å²) in [4.78, 5) is 28.2. The van der Waals surface area contributed by atoms with Gasteiger partial charge in [-0.2, -0.15) is 0 Å². The summed E-state index contributed by atoms with van der Waals surface area (Å²) in [6.07, 6.45) is 0.554. The number of halogens is 1. The average Bonchev–Trinajstić information content (AvgIpc) is 2.74. The number of anilines is 1. The van der Waals surface area contributed by atoms with Gasteiger partial charge in [-0.3, -0.25) is 4.79 Å². The lowest BCUT2D eigenvalue weighted by Crippen LogP contribution is -2.58. The number of carbonyl (C=O) groups is 2. The lowest BCUT2D eigenvalue weighted by molar-refractivity contribution is -0.151. The van der Waals surface area contributed by atoms with Crippen LogP contribution in [0.1, 0.15) is 12.8 Å². The lowest BCUT2D eigenvalue weighted by Gasteiger charge is -2.39. The van der Waals surface area contributed by atoms with Gasteiger partial charge in [0.05, 0.1) is 19.8 Å². The molecule has 1 atom stereocenters. The molecule has 152 valence electrons. The van der Waals surface area contributed by atoms with Gasteiger partial charge in [0.2, 0.25) is 5.67 Å². The molecule has 28 heavy (non-hydrogen) atoms. The zero-order valence-corrected chi connectivity index (χ0v) is 15.6. The quantitative estimate of drug-likeness (QED) is 0.827. The minimum Gasteiger partial charge on any atom is -0.486 e. The fourth-order valence-electron chi connectivity index (χ4n) is 3.73. The standard InChI is InChI=1S/C19H24FN3O5/c20-19(17(24)22-6-8-26-9-7-22)4-1-5-23(13-19)18(25)21-14-2-3-15-16(12-14)28-11-10-27-15/h2-3,12H,1,4-11,13H2,(H,21,25). The molecule has 3 aliphatic rings. The van der Waals surface area contributed by atoms with E-state index >= 15 is 4.39 Å². The van der Waals surface area contributed by atoms with Crippen molar-refractivity contribution >= 4 is 17.6 Å². The highest BCUT2D eigenvalue weighted by Gasteiger charge is 2.46. The number of hydrogen-bond acceptors (Lipinski definition) is 5. The Balaban J connectivity index is 1.41. The summed E-state index contributed by atoms with van der Waals surface area (Å²) < 4.78 is 31.6. The van der Waals surface area contributed by atoms with Gasteiger partial charge >= 0.3 is 6.03 Å². The molecule has 2 fully saturated rings. The molecule has 3 amide bonds. The fraction of sp³-hybridized carbons (Fsp3) is 0.579. The van der Waals surface area contributed by atoms with Crippen molar-refractivity contribution in [3.8, 4) is 11.5 Å². The van der Waals surface area contributed by atoms with Gasteiger partial charge in [-0.05, 0) is 25.0 Å². The first kappa shape index (κ1) is 18.8. The highest BCUT2D eigenvalue weighted by Crippen LogP contribution is 2.33. The first-order chi connectivity index (χ1) is 13.5. The predicted molar refractivity (Wildman–Crippen MR) is 98.5 cm³/mol. The molecule has 1 aromatic rings. The number of urea groups is 1. The van der Waals surface area contributed by atoms with Gasteiger partial charge in [0.25, 0.3) is 5.91 Å². The van der Waals surface area contributed by atoms with Crippen LogP contribution in [0.15, 0.2) is 18.2 Å². The van der Waals surface area contributed by atoms with Crippen LogP contribution in [-0.4, -0.2) is 80.0 Å². The molecule has 0 aromatic heterocycles. The summed E-state index contributed by atoms with van der Waals surface area (Å²) in [5.74, 6) is 0.638. The normalized spacial score (nSPS) is 24.6. The molecule has 3 heterocycles. The van der Waals surface area contributed by atoms with Crippen molar-refractivity contribution in [1.29, 1.82) is 0 Å². The van der Waals surface area contributed by atoms with Crippen LogP contribution in [0.5, 0.6) is 11.5 Å². The number of alkyl halides is 1. The number of carbonyl (C=O) groups excluding carboxylic acids is 2. The molecule has 4 rings (SSSR count). The number of benzene rings is 1. The zero-order chi connectivity index (χ0) is 19.6. The molecular formula is C19H24FN3O5. The third-order valence-corrected chi connectivity index (χ3v) is 5.20. The molecule has 0 saturated carbocycles. The number of piperidine rings is 1. The van der Waals surface area contributed by atoms with Crippen LogP contribution in [0.4, 0.5) is 14.9 Å². The largest absolute Gasteiger partial charge is 0.486 e. The third-order valence-electron chi connectivity index (χ3n) is 5.20. The Kier molecular flexibility index (Phi) is 5.25. The Hall–Kier alpha value is -2.55. The number of nitrogens with one attached hydrogen (secondary N) is 1. The Morgan fingerprint density at radius 3 is 2.54 bits per heavy atom. The van der Waals surface area contributed by atoms with Gasteiger partial charge in [-0.25, -0.2) is 9.18 Å². The van der Waals surface area contributed by atoms with Crippen molar-refractivity contribution in [2.75, 3.05) is 57.9 Å². The van der Waals surface area contributed by atoms with Gasteiger partial charge in [-0.1, -0.05) is 0 Å². The first-order valence-electron chi connectivity index (χ1n) is 9.57. The molecule has 8 nitrogen and oxygen atoms in total. The Bertz CT molecular complexity index is 755. The van der Waals surface area contributed by atoms with Gasteiger partial charge < -0.3 is 29.3 Å². The van der Waals surface area contributed by atoms with Gasteiger partial charge in [-0.15, -0.1) is 0 Å². The molecule has 0 aliphatic carbocycles. The van der Waals surface area contributed by atoms with E-state index in [1.165, 1.54) is 9.80 Å². The minimum absolute atomic E-state index is 0.122. The second kappa shape index (κ2) is 7.83. The van der Waals surface area contributed by atoms with Gasteiger partial charge in [0, 0.05) is 31.4 Å². The van der Waals surface area contributed by atoms with E-state index < -0.39 is 17.6 Å². The van der Waals surface area contributed by atoms with Crippen molar-refractivity contribution in [1.82, 2.24) is 9.80 Å². The van der Waals surface area contributed by atoms with Crippen LogP contribution in [0.2, 0.25) is 0 Å². The van der Waals surface area contributed by atoms with Crippen molar-refractivity contribution in [2.24, 2.45) is 0 Å². The van der Waals surface area contributed by atoms with E-state index in [4.69, 9.17) is 14.2 Å².